The zero-order valence-electron chi connectivity index (χ0n) is 11.3. The number of Topliss-reactive ketones (excluding diaryl/α,β-unsaturated/α-hetero) is 1. The predicted molar refractivity (Wildman–Crippen MR) is 72.4 cm³/mol. The first-order valence-electron chi connectivity index (χ1n) is 6.72. The van der Waals surface area contributed by atoms with Gasteiger partial charge in [-0.1, -0.05) is 13.0 Å². The van der Waals surface area contributed by atoms with Gasteiger partial charge in [0.25, 0.3) is 0 Å². The molecule has 0 aromatic carbocycles. The van der Waals surface area contributed by atoms with Gasteiger partial charge in [-0.15, -0.1) is 6.58 Å². The molecule has 0 radical (unpaired) electrons. The van der Waals surface area contributed by atoms with Gasteiger partial charge in [0.05, 0.1) is 11.5 Å². The van der Waals surface area contributed by atoms with E-state index >= 15 is 0 Å². The molecule has 17 heavy (non-hydrogen) atoms. The Kier molecular flexibility index (Phi) is 3.34. The van der Waals surface area contributed by atoms with E-state index in [4.69, 9.17) is 4.43 Å². The Morgan fingerprint density at radius 2 is 2.24 bits per heavy atom. The Labute approximate surface area is 106 Å². The number of rotatable bonds is 3. The van der Waals surface area contributed by atoms with E-state index < -0.39 is 8.32 Å². The Balaban J connectivity index is 2.28. The van der Waals surface area contributed by atoms with Crippen LogP contribution in [-0.4, -0.2) is 20.2 Å². The molecule has 0 amide bonds. The molecule has 0 unspecified atom stereocenters. The lowest BCUT2D eigenvalue weighted by molar-refractivity contribution is -0.140. The number of fused-ring (bicyclic) bond motifs is 4. The molecule has 3 fully saturated rings. The van der Waals surface area contributed by atoms with Gasteiger partial charge in [-0.2, -0.15) is 0 Å². The Morgan fingerprint density at radius 3 is 2.88 bits per heavy atom. The Bertz CT molecular complexity index is 337. The Hall–Kier alpha value is -0.413. The van der Waals surface area contributed by atoms with Gasteiger partial charge in [-0.3, -0.25) is 4.79 Å². The highest BCUT2D eigenvalue weighted by Gasteiger charge is 2.53. The van der Waals surface area contributed by atoms with Crippen molar-refractivity contribution >= 4 is 14.1 Å². The molecule has 1 saturated carbocycles. The lowest BCUT2D eigenvalue weighted by atomic mass is 9.66. The van der Waals surface area contributed by atoms with Crippen molar-refractivity contribution in [3.63, 3.8) is 0 Å². The van der Waals surface area contributed by atoms with Gasteiger partial charge < -0.3 is 4.43 Å². The minimum atomic E-state index is -1.62. The molecule has 0 N–H and O–H groups in total. The van der Waals surface area contributed by atoms with E-state index in [9.17, 15) is 4.79 Å². The summed E-state index contributed by atoms with van der Waals surface area (Å²) < 4.78 is 6.36. The molecule has 2 nitrogen and oxygen atoms in total. The van der Waals surface area contributed by atoms with Crippen molar-refractivity contribution in [2.24, 2.45) is 11.3 Å². The molecular weight excluding hydrogens is 228 g/mol. The number of ketones is 1. The lowest BCUT2D eigenvalue weighted by Crippen LogP contribution is -2.47. The second kappa shape index (κ2) is 4.36. The highest BCUT2D eigenvalue weighted by Crippen LogP contribution is 2.48. The van der Waals surface area contributed by atoms with Gasteiger partial charge in [0.2, 0.25) is 0 Å². The molecule has 2 bridgehead atoms. The number of carbonyl (C=O) groups is 1. The third-order valence-electron chi connectivity index (χ3n) is 4.49. The first kappa shape index (κ1) is 13.0. The highest BCUT2D eigenvalue weighted by molar-refractivity contribution is 6.71. The van der Waals surface area contributed by atoms with Gasteiger partial charge in [-0.05, 0) is 44.8 Å². The van der Waals surface area contributed by atoms with Crippen LogP contribution in [0.4, 0.5) is 0 Å². The predicted octanol–water partition coefficient (Wildman–Crippen LogP) is 3.54. The van der Waals surface area contributed by atoms with Crippen LogP contribution in [0.1, 0.15) is 32.6 Å². The smallest absolute Gasteiger partial charge is 0.187 e. The number of hydrogen-bond donors (Lipinski definition) is 0. The summed E-state index contributed by atoms with van der Waals surface area (Å²) in [7, 11) is -1.62. The number of carbonyl (C=O) groups excluding carboxylic acids is 1. The van der Waals surface area contributed by atoms with Crippen LogP contribution in [0.15, 0.2) is 12.7 Å². The van der Waals surface area contributed by atoms with Crippen LogP contribution in [0.25, 0.3) is 0 Å². The van der Waals surface area contributed by atoms with Crippen molar-refractivity contribution in [3.8, 4) is 0 Å². The van der Waals surface area contributed by atoms with Crippen molar-refractivity contribution in [2.45, 2.75) is 57.8 Å². The third-order valence-corrected chi connectivity index (χ3v) is 6.89. The highest BCUT2D eigenvalue weighted by atomic mass is 28.4. The van der Waals surface area contributed by atoms with Crippen molar-refractivity contribution < 1.29 is 9.22 Å². The largest absolute Gasteiger partial charge is 0.413 e. The monoisotopic (exact) mass is 252 g/mol. The molecule has 2 aliphatic heterocycles. The second-order valence-corrected chi connectivity index (χ2v) is 10.6. The fourth-order valence-electron chi connectivity index (χ4n) is 3.52. The molecule has 3 heteroatoms. The van der Waals surface area contributed by atoms with Crippen molar-refractivity contribution in [2.75, 3.05) is 0 Å². The van der Waals surface area contributed by atoms with Gasteiger partial charge in [0.15, 0.2) is 8.32 Å². The van der Waals surface area contributed by atoms with E-state index in [0.717, 1.165) is 31.7 Å². The van der Waals surface area contributed by atoms with Crippen LogP contribution >= 0.6 is 0 Å². The van der Waals surface area contributed by atoms with Crippen LogP contribution in [0.5, 0.6) is 0 Å². The normalized spacial score (nSPS) is 40.1. The van der Waals surface area contributed by atoms with Crippen LogP contribution in [-0.2, 0) is 9.22 Å². The van der Waals surface area contributed by atoms with E-state index in [1.165, 1.54) is 0 Å². The molecular formula is C14H24O2Si. The quantitative estimate of drug-likeness (QED) is 0.567. The number of allylic oxidation sites excluding steroid dienone is 1. The lowest BCUT2D eigenvalue weighted by Gasteiger charge is -2.41. The molecule has 2 saturated heterocycles. The molecule has 0 aromatic rings. The first-order valence-corrected chi connectivity index (χ1v) is 9.84. The zero-order valence-corrected chi connectivity index (χ0v) is 12.3. The molecule has 0 aromatic heterocycles. The summed E-state index contributed by atoms with van der Waals surface area (Å²) in [5, 5.41) is 0. The summed E-state index contributed by atoms with van der Waals surface area (Å²) in [5.74, 6) is 0.735. The summed E-state index contributed by atoms with van der Waals surface area (Å²) in [5.41, 5.74) is -0.252. The maximum absolute atomic E-state index is 12.6. The topological polar surface area (TPSA) is 26.3 Å². The maximum Gasteiger partial charge on any atom is 0.187 e. The molecule has 3 aliphatic rings. The molecule has 3 rings (SSSR count). The van der Waals surface area contributed by atoms with Gasteiger partial charge in [-0.25, -0.2) is 0 Å². The van der Waals surface area contributed by atoms with Gasteiger partial charge >= 0.3 is 0 Å². The molecule has 1 aliphatic carbocycles. The minimum Gasteiger partial charge on any atom is -0.413 e. The van der Waals surface area contributed by atoms with E-state index in [2.05, 4.69) is 26.6 Å². The Morgan fingerprint density at radius 1 is 1.53 bits per heavy atom. The first-order chi connectivity index (χ1) is 7.89. The van der Waals surface area contributed by atoms with Crippen LogP contribution in [0.3, 0.4) is 0 Å². The van der Waals surface area contributed by atoms with Gasteiger partial charge in [0, 0.05) is 5.92 Å². The van der Waals surface area contributed by atoms with E-state index in [1.54, 1.807) is 0 Å². The SMILES string of the molecule is C=CCC[C@]1(C)C(=O)[C@H]2CC[C@@H]1O[Si](C)(C)C2. The second-order valence-electron chi connectivity index (χ2n) is 6.45. The zero-order chi connectivity index (χ0) is 12.7. The van der Waals surface area contributed by atoms with Crippen molar-refractivity contribution in [1.82, 2.24) is 0 Å². The van der Waals surface area contributed by atoms with Crippen LogP contribution in [0, 0.1) is 11.3 Å². The number of hydrogen-bond acceptors (Lipinski definition) is 2. The van der Waals surface area contributed by atoms with E-state index in [-0.39, 0.29) is 17.4 Å². The summed E-state index contributed by atoms with van der Waals surface area (Å²) in [6.07, 6.45) is 6.01. The molecule has 3 atom stereocenters. The van der Waals surface area contributed by atoms with Crippen molar-refractivity contribution in [1.29, 1.82) is 0 Å². The minimum absolute atomic E-state index is 0.162. The van der Waals surface area contributed by atoms with E-state index in [0.29, 0.717) is 5.78 Å². The summed E-state index contributed by atoms with van der Waals surface area (Å²) >= 11 is 0. The summed E-state index contributed by atoms with van der Waals surface area (Å²) in [4.78, 5) is 12.6. The maximum atomic E-state index is 12.6. The standard InChI is InChI=1S/C14H24O2Si/c1-5-6-9-14(2)12-8-7-11(13(14)15)10-17(3,4)16-12/h5,11-12H,1,6-10H2,2-4H3/t11-,12-,14-/m0/s1. The van der Waals surface area contributed by atoms with Crippen LogP contribution in [0.2, 0.25) is 19.1 Å². The van der Waals surface area contributed by atoms with Crippen LogP contribution < -0.4 is 0 Å². The molecule has 0 spiro atoms. The van der Waals surface area contributed by atoms with E-state index in [1.807, 2.05) is 6.08 Å². The molecule has 2 heterocycles. The fourth-order valence-corrected chi connectivity index (χ4v) is 6.34. The van der Waals surface area contributed by atoms with Crippen molar-refractivity contribution in [3.05, 3.63) is 12.7 Å². The third kappa shape index (κ3) is 2.27. The average Bonchev–Trinajstić information content (AvgIpc) is 2.45. The van der Waals surface area contributed by atoms with Gasteiger partial charge in [0.1, 0.15) is 5.78 Å². The molecule has 96 valence electrons. The average molecular weight is 252 g/mol. The summed E-state index contributed by atoms with van der Waals surface area (Å²) in [6, 6.07) is 1.02. The summed E-state index contributed by atoms with van der Waals surface area (Å²) in [6.45, 7) is 10.4. The fraction of sp³-hybridized carbons (Fsp3) is 0.786.